The zero-order chi connectivity index (χ0) is 18.0. The fraction of sp³-hybridized carbons (Fsp3) is 0.133. The van der Waals surface area contributed by atoms with Crippen molar-refractivity contribution in [1.82, 2.24) is 4.98 Å². The SMILES string of the molecule is O=C(CN1C(=O)COc2cccnc21)Nc1ccc(Cl)c([N+](=O)[O-])c1. The van der Waals surface area contributed by atoms with Crippen molar-refractivity contribution in [1.29, 1.82) is 0 Å². The molecule has 0 fully saturated rings. The highest BCUT2D eigenvalue weighted by Gasteiger charge is 2.28. The molecule has 0 saturated carbocycles. The van der Waals surface area contributed by atoms with Gasteiger partial charge in [0.1, 0.15) is 11.6 Å². The number of carbonyl (C=O) groups is 2. The number of nitro groups is 1. The number of hydrogen-bond acceptors (Lipinski definition) is 6. The van der Waals surface area contributed by atoms with Crippen molar-refractivity contribution < 1.29 is 19.2 Å². The minimum absolute atomic E-state index is 0.0375. The second kappa shape index (κ2) is 6.73. The maximum absolute atomic E-state index is 12.2. The van der Waals surface area contributed by atoms with Crippen LogP contribution in [0.4, 0.5) is 17.2 Å². The Kier molecular flexibility index (Phi) is 4.48. The van der Waals surface area contributed by atoms with E-state index in [0.29, 0.717) is 5.75 Å². The largest absolute Gasteiger partial charge is 0.480 e. The van der Waals surface area contributed by atoms with Crippen molar-refractivity contribution in [3.05, 3.63) is 51.7 Å². The average molecular weight is 363 g/mol. The summed E-state index contributed by atoms with van der Waals surface area (Å²) in [6.45, 7) is -0.499. The average Bonchev–Trinajstić information content (AvgIpc) is 2.59. The van der Waals surface area contributed by atoms with Gasteiger partial charge in [0.25, 0.3) is 11.6 Å². The van der Waals surface area contributed by atoms with Gasteiger partial charge in [0, 0.05) is 18.0 Å². The second-order valence-corrected chi connectivity index (χ2v) is 5.47. The lowest BCUT2D eigenvalue weighted by molar-refractivity contribution is -0.384. The maximum Gasteiger partial charge on any atom is 0.289 e. The van der Waals surface area contributed by atoms with E-state index in [1.54, 1.807) is 12.1 Å². The number of benzene rings is 1. The van der Waals surface area contributed by atoms with Crippen LogP contribution in [0.2, 0.25) is 5.02 Å². The van der Waals surface area contributed by atoms with E-state index in [0.717, 1.165) is 6.07 Å². The molecule has 25 heavy (non-hydrogen) atoms. The summed E-state index contributed by atoms with van der Waals surface area (Å²) in [6.07, 6.45) is 1.48. The minimum Gasteiger partial charge on any atom is -0.480 e. The molecular formula is C15H11ClN4O5. The summed E-state index contributed by atoms with van der Waals surface area (Å²) in [5, 5.41) is 13.4. The zero-order valence-corrected chi connectivity index (χ0v) is 13.4. The molecule has 9 nitrogen and oxygen atoms in total. The highest BCUT2D eigenvalue weighted by molar-refractivity contribution is 6.32. The van der Waals surface area contributed by atoms with Crippen LogP contribution >= 0.6 is 11.6 Å². The van der Waals surface area contributed by atoms with Gasteiger partial charge in [0.15, 0.2) is 18.2 Å². The second-order valence-electron chi connectivity index (χ2n) is 5.07. The molecule has 3 rings (SSSR count). The lowest BCUT2D eigenvalue weighted by atomic mass is 10.2. The number of nitro benzene ring substituents is 1. The molecule has 0 unspecified atom stereocenters. The molecule has 0 atom stereocenters. The number of pyridine rings is 1. The summed E-state index contributed by atoms with van der Waals surface area (Å²) in [5.41, 5.74) is -0.128. The number of aromatic nitrogens is 1. The van der Waals surface area contributed by atoms with Crippen LogP contribution in [0.15, 0.2) is 36.5 Å². The van der Waals surface area contributed by atoms with E-state index < -0.39 is 16.7 Å². The molecule has 1 aromatic carbocycles. The highest BCUT2D eigenvalue weighted by atomic mass is 35.5. The van der Waals surface area contributed by atoms with Crippen LogP contribution in [-0.2, 0) is 9.59 Å². The fourth-order valence-corrected chi connectivity index (χ4v) is 2.46. The third kappa shape index (κ3) is 3.50. The number of carbonyl (C=O) groups excluding carboxylic acids is 2. The summed E-state index contributed by atoms with van der Waals surface area (Å²) >= 11 is 5.73. The van der Waals surface area contributed by atoms with Crippen molar-refractivity contribution in [2.75, 3.05) is 23.4 Å². The van der Waals surface area contributed by atoms with Crippen LogP contribution in [0.25, 0.3) is 0 Å². The molecule has 0 spiro atoms. The topological polar surface area (TPSA) is 115 Å². The van der Waals surface area contributed by atoms with Crippen LogP contribution in [0.3, 0.4) is 0 Å². The summed E-state index contributed by atoms with van der Waals surface area (Å²) in [4.78, 5) is 39.7. The van der Waals surface area contributed by atoms with Gasteiger partial charge in [0.2, 0.25) is 5.91 Å². The van der Waals surface area contributed by atoms with Gasteiger partial charge in [-0.05, 0) is 24.3 Å². The molecule has 0 saturated heterocycles. The molecular weight excluding hydrogens is 352 g/mol. The molecule has 128 valence electrons. The van der Waals surface area contributed by atoms with Crippen molar-refractivity contribution in [2.45, 2.75) is 0 Å². The van der Waals surface area contributed by atoms with Gasteiger partial charge in [-0.15, -0.1) is 0 Å². The van der Waals surface area contributed by atoms with Gasteiger partial charge in [-0.3, -0.25) is 24.6 Å². The van der Waals surface area contributed by atoms with Gasteiger partial charge < -0.3 is 10.1 Å². The third-order valence-electron chi connectivity index (χ3n) is 3.39. The first-order chi connectivity index (χ1) is 12.0. The molecule has 1 aliphatic heterocycles. The predicted molar refractivity (Wildman–Crippen MR) is 88.8 cm³/mol. The number of fused-ring (bicyclic) bond motifs is 1. The molecule has 0 radical (unpaired) electrons. The smallest absolute Gasteiger partial charge is 0.289 e. The number of nitrogens with zero attached hydrogens (tertiary/aromatic N) is 3. The Morgan fingerprint density at radius 1 is 1.44 bits per heavy atom. The van der Waals surface area contributed by atoms with Gasteiger partial charge in [-0.1, -0.05) is 11.6 Å². The summed E-state index contributed by atoms with van der Waals surface area (Å²) in [7, 11) is 0. The van der Waals surface area contributed by atoms with Crippen LogP contribution in [-0.4, -0.2) is 34.9 Å². The summed E-state index contributed by atoms with van der Waals surface area (Å²) in [6, 6.07) is 7.18. The van der Waals surface area contributed by atoms with E-state index in [9.17, 15) is 19.7 Å². The van der Waals surface area contributed by atoms with Gasteiger partial charge in [-0.25, -0.2) is 4.98 Å². The van der Waals surface area contributed by atoms with E-state index in [2.05, 4.69) is 10.3 Å². The van der Waals surface area contributed by atoms with Gasteiger partial charge in [-0.2, -0.15) is 0 Å². The Labute approximate surface area is 146 Å². The Balaban J connectivity index is 1.76. The minimum atomic E-state index is -0.649. The molecule has 0 aliphatic carbocycles. The first kappa shape index (κ1) is 16.7. The number of ether oxygens (including phenoxy) is 1. The Morgan fingerprint density at radius 2 is 2.24 bits per heavy atom. The van der Waals surface area contributed by atoms with E-state index in [1.165, 1.54) is 23.2 Å². The van der Waals surface area contributed by atoms with E-state index in [-0.39, 0.29) is 35.4 Å². The van der Waals surface area contributed by atoms with E-state index in [1.807, 2.05) is 0 Å². The van der Waals surface area contributed by atoms with Crippen molar-refractivity contribution in [3.8, 4) is 5.75 Å². The quantitative estimate of drug-likeness (QED) is 0.657. The monoisotopic (exact) mass is 362 g/mol. The Hall–Kier alpha value is -3.20. The predicted octanol–water partition coefficient (Wildman–Crippen LogP) is 2.01. The highest BCUT2D eigenvalue weighted by Crippen LogP contribution is 2.29. The van der Waals surface area contributed by atoms with E-state index in [4.69, 9.17) is 16.3 Å². The molecule has 1 aliphatic rings. The lowest BCUT2D eigenvalue weighted by Gasteiger charge is -2.27. The molecule has 0 bridgehead atoms. The first-order valence-corrected chi connectivity index (χ1v) is 7.45. The Bertz CT molecular complexity index is 873. The fourth-order valence-electron chi connectivity index (χ4n) is 2.27. The standard InChI is InChI=1S/C15H11ClN4O5/c16-10-4-3-9(6-11(10)20(23)24)18-13(21)7-19-14(22)8-25-12-2-1-5-17-15(12)19/h1-6H,7-8H2,(H,18,21). The normalized spacial score (nSPS) is 13.0. The lowest BCUT2D eigenvalue weighted by Crippen LogP contribution is -2.43. The van der Waals surface area contributed by atoms with Gasteiger partial charge in [0.05, 0.1) is 4.92 Å². The zero-order valence-electron chi connectivity index (χ0n) is 12.6. The number of rotatable bonds is 4. The van der Waals surface area contributed by atoms with Crippen LogP contribution in [0.5, 0.6) is 5.75 Å². The summed E-state index contributed by atoms with van der Waals surface area (Å²) < 4.78 is 5.25. The van der Waals surface area contributed by atoms with Crippen LogP contribution in [0, 0.1) is 10.1 Å². The van der Waals surface area contributed by atoms with E-state index >= 15 is 0 Å². The molecule has 2 amide bonds. The Morgan fingerprint density at radius 3 is 3.00 bits per heavy atom. The maximum atomic E-state index is 12.2. The van der Waals surface area contributed by atoms with Crippen LogP contribution < -0.4 is 15.0 Å². The molecule has 2 heterocycles. The number of amides is 2. The molecule has 1 aromatic heterocycles. The first-order valence-electron chi connectivity index (χ1n) is 7.07. The van der Waals surface area contributed by atoms with Gasteiger partial charge >= 0.3 is 0 Å². The molecule has 2 aromatic rings. The third-order valence-corrected chi connectivity index (χ3v) is 3.71. The van der Waals surface area contributed by atoms with Crippen molar-refractivity contribution in [3.63, 3.8) is 0 Å². The number of halogens is 1. The van der Waals surface area contributed by atoms with Crippen LogP contribution in [0.1, 0.15) is 0 Å². The number of nitrogens with one attached hydrogen (secondary N) is 1. The number of anilines is 2. The van der Waals surface area contributed by atoms with Crippen molar-refractivity contribution in [2.24, 2.45) is 0 Å². The van der Waals surface area contributed by atoms with Crippen molar-refractivity contribution >= 4 is 40.6 Å². The molecule has 10 heteroatoms. The molecule has 1 N–H and O–H groups in total. The number of hydrogen-bond donors (Lipinski definition) is 1. The summed E-state index contributed by atoms with van der Waals surface area (Å²) in [5.74, 6) is -0.306.